The minimum absolute atomic E-state index is 0.0454. The molecule has 1 aromatic carbocycles. The van der Waals surface area contributed by atoms with Crippen molar-refractivity contribution in [3.8, 4) is 0 Å². The van der Waals surface area contributed by atoms with E-state index < -0.39 is 0 Å². The van der Waals surface area contributed by atoms with Crippen molar-refractivity contribution in [1.82, 2.24) is 0 Å². The third-order valence-corrected chi connectivity index (χ3v) is 3.09. The molecule has 96 valence electrons. The van der Waals surface area contributed by atoms with Crippen molar-refractivity contribution in [3.63, 3.8) is 0 Å². The lowest BCUT2D eigenvalue weighted by molar-refractivity contribution is 0.585. The van der Waals surface area contributed by atoms with Gasteiger partial charge in [0.2, 0.25) is 0 Å². The monoisotopic (exact) mass is 237 g/mol. The van der Waals surface area contributed by atoms with E-state index in [0.717, 1.165) is 30.4 Å². The number of aryl methyl sites for hydroxylation is 2. The molecule has 1 nitrogen and oxygen atoms in total. The van der Waals surface area contributed by atoms with E-state index in [-0.39, 0.29) is 17.8 Å². The van der Waals surface area contributed by atoms with Crippen molar-refractivity contribution in [1.29, 1.82) is 0 Å². The first-order chi connectivity index (χ1) is 7.91. The molecule has 0 aliphatic rings. The van der Waals surface area contributed by atoms with E-state index in [9.17, 15) is 4.39 Å². The molecule has 0 saturated carbocycles. The largest absolute Gasteiger partial charge is 0.328 e. The van der Waals surface area contributed by atoms with Gasteiger partial charge in [-0.3, -0.25) is 0 Å². The highest BCUT2D eigenvalue weighted by molar-refractivity contribution is 5.33. The molecule has 0 aliphatic carbocycles. The van der Waals surface area contributed by atoms with E-state index >= 15 is 0 Å². The Labute approximate surface area is 104 Å². The Morgan fingerprint density at radius 1 is 1.24 bits per heavy atom. The van der Waals surface area contributed by atoms with Gasteiger partial charge in [0.25, 0.3) is 0 Å². The second-order valence-electron chi connectivity index (χ2n) is 5.34. The summed E-state index contributed by atoms with van der Waals surface area (Å²) in [5.74, 6) is 0.193. The molecule has 0 aromatic heterocycles. The van der Waals surface area contributed by atoms with Gasteiger partial charge in [-0.2, -0.15) is 0 Å². The summed E-state index contributed by atoms with van der Waals surface area (Å²) in [5, 5.41) is 0. The maximum atomic E-state index is 13.9. The van der Waals surface area contributed by atoms with E-state index in [1.165, 1.54) is 5.56 Å². The summed E-state index contributed by atoms with van der Waals surface area (Å²) >= 11 is 0. The molecule has 2 N–H and O–H groups in total. The topological polar surface area (TPSA) is 26.0 Å². The van der Waals surface area contributed by atoms with Crippen molar-refractivity contribution < 1.29 is 4.39 Å². The molecule has 0 fully saturated rings. The molecule has 17 heavy (non-hydrogen) atoms. The molecule has 0 spiro atoms. The van der Waals surface area contributed by atoms with E-state index in [1.807, 2.05) is 39.8 Å². The van der Waals surface area contributed by atoms with Gasteiger partial charge in [0.1, 0.15) is 5.82 Å². The standard InChI is InChI=1S/C15H24FN/c1-10(2)14-9-13(7-5-6-12(4)17)8-11(3)15(14)16/h8-10,12H,5-7,17H2,1-4H3. The molecule has 0 bridgehead atoms. The van der Waals surface area contributed by atoms with Gasteiger partial charge in [0.15, 0.2) is 0 Å². The number of rotatable bonds is 5. The molecule has 1 aromatic rings. The van der Waals surface area contributed by atoms with Crippen molar-refractivity contribution in [3.05, 3.63) is 34.6 Å². The predicted octanol–water partition coefficient (Wildman–Crippen LogP) is 3.93. The highest BCUT2D eigenvalue weighted by atomic mass is 19.1. The van der Waals surface area contributed by atoms with E-state index in [2.05, 4.69) is 0 Å². The number of hydrogen-bond donors (Lipinski definition) is 1. The van der Waals surface area contributed by atoms with Crippen LogP contribution >= 0.6 is 0 Å². The van der Waals surface area contributed by atoms with Gasteiger partial charge < -0.3 is 5.73 Å². The summed E-state index contributed by atoms with van der Waals surface area (Å²) in [6.45, 7) is 7.93. The Bertz CT molecular complexity index is 369. The minimum Gasteiger partial charge on any atom is -0.328 e. The van der Waals surface area contributed by atoms with E-state index in [4.69, 9.17) is 5.73 Å². The maximum Gasteiger partial charge on any atom is 0.129 e. The molecular formula is C15H24FN. The smallest absolute Gasteiger partial charge is 0.129 e. The SMILES string of the molecule is Cc1cc(CCCC(C)N)cc(C(C)C)c1F. The van der Waals surface area contributed by atoms with Gasteiger partial charge in [-0.25, -0.2) is 4.39 Å². The molecule has 2 heteroatoms. The normalized spacial score (nSPS) is 13.1. The lowest BCUT2D eigenvalue weighted by Crippen LogP contribution is -2.14. The molecule has 1 unspecified atom stereocenters. The zero-order valence-corrected chi connectivity index (χ0v) is 11.4. The minimum atomic E-state index is -0.0454. The molecule has 0 amide bonds. The number of nitrogens with two attached hydrogens (primary N) is 1. The van der Waals surface area contributed by atoms with Crippen LogP contribution in [0.4, 0.5) is 4.39 Å². The van der Waals surface area contributed by atoms with Crippen LogP contribution in [0.5, 0.6) is 0 Å². The molecule has 0 radical (unpaired) electrons. The lowest BCUT2D eigenvalue weighted by atomic mass is 9.95. The average Bonchev–Trinajstić information content (AvgIpc) is 2.22. The van der Waals surface area contributed by atoms with Crippen molar-refractivity contribution >= 4 is 0 Å². The van der Waals surface area contributed by atoms with Crippen LogP contribution in [-0.2, 0) is 6.42 Å². The van der Waals surface area contributed by atoms with Crippen molar-refractivity contribution in [2.75, 3.05) is 0 Å². The average molecular weight is 237 g/mol. The molecular weight excluding hydrogens is 213 g/mol. The van der Waals surface area contributed by atoms with Crippen LogP contribution < -0.4 is 5.73 Å². The van der Waals surface area contributed by atoms with Gasteiger partial charge in [-0.15, -0.1) is 0 Å². The van der Waals surface area contributed by atoms with Gasteiger partial charge >= 0.3 is 0 Å². The Morgan fingerprint density at radius 3 is 2.41 bits per heavy atom. The molecule has 1 rings (SSSR count). The highest BCUT2D eigenvalue weighted by Gasteiger charge is 2.11. The van der Waals surface area contributed by atoms with Crippen LogP contribution in [0.3, 0.4) is 0 Å². The highest BCUT2D eigenvalue weighted by Crippen LogP contribution is 2.23. The summed E-state index contributed by atoms with van der Waals surface area (Å²) in [6.07, 6.45) is 3.08. The second-order valence-corrected chi connectivity index (χ2v) is 5.34. The van der Waals surface area contributed by atoms with Crippen molar-refractivity contribution in [2.24, 2.45) is 5.73 Å². The quantitative estimate of drug-likeness (QED) is 0.825. The Kier molecular flexibility index (Phi) is 5.13. The van der Waals surface area contributed by atoms with E-state index in [1.54, 1.807) is 0 Å². The van der Waals surface area contributed by atoms with Gasteiger partial charge in [0, 0.05) is 6.04 Å². The van der Waals surface area contributed by atoms with E-state index in [0.29, 0.717) is 0 Å². The third-order valence-electron chi connectivity index (χ3n) is 3.09. The fraction of sp³-hybridized carbons (Fsp3) is 0.600. The van der Waals surface area contributed by atoms with Gasteiger partial charge in [-0.05, 0) is 55.7 Å². The number of benzene rings is 1. The zero-order chi connectivity index (χ0) is 13.0. The summed E-state index contributed by atoms with van der Waals surface area (Å²) in [5.41, 5.74) is 8.55. The number of hydrogen-bond acceptors (Lipinski definition) is 1. The third kappa shape index (κ3) is 4.12. The maximum absolute atomic E-state index is 13.9. The fourth-order valence-electron chi connectivity index (χ4n) is 2.07. The Morgan fingerprint density at radius 2 is 1.88 bits per heavy atom. The lowest BCUT2D eigenvalue weighted by Gasteiger charge is -2.13. The summed E-state index contributed by atoms with van der Waals surface area (Å²) in [7, 11) is 0. The van der Waals surface area contributed by atoms with Crippen LogP contribution in [0.15, 0.2) is 12.1 Å². The van der Waals surface area contributed by atoms with Gasteiger partial charge in [0.05, 0.1) is 0 Å². The summed E-state index contributed by atoms with van der Waals surface area (Å²) < 4.78 is 13.9. The van der Waals surface area contributed by atoms with Crippen molar-refractivity contribution in [2.45, 2.75) is 58.9 Å². The molecule has 1 atom stereocenters. The zero-order valence-electron chi connectivity index (χ0n) is 11.4. The van der Waals surface area contributed by atoms with Crippen LogP contribution in [0.25, 0.3) is 0 Å². The summed E-state index contributed by atoms with van der Waals surface area (Å²) in [4.78, 5) is 0. The first kappa shape index (κ1) is 14.2. The first-order valence-electron chi connectivity index (χ1n) is 6.46. The molecule has 0 aliphatic heterocycles. The van der Waals surface area contributed by atoms with Crippen LogP contribution in [0.1, 0.15) is 56.2 Å². The Hall–Kier alpha value is -0.890. The predicted molar refractivity (Wildman–Crippen MR) is 71.8 cm³/mol. The fourth-order valence-corrected chi connectivity index (χ4v) is 2.07. The Balaban J connectivity index is 2.80. The van der Waals surface area contributed by atoms with Crippen LogP contribution in [0.2, 0.25) is 0 Å². The first-order valence-corrected chi connectivity index (χ1v) is 6.46. The second kappa shape index (κ2) is 6.15. The molecule has 0 saturated heterocycles. The van der Waals surface area contributed by atoms with Gasteiger partial charge in [-0.1, -0.05) is 26.0 Å². The van der Waals surface area contributed by atoms with Crippen LogP contribution in [-0.4, -0.2) is 6.04 Å². The number of halogens is 1. The summed E-state index contributed by atoms with van der Waals surface area (Å²) in [6, 6.07) is 4.22. The van der Waals surface area contributed by atoms with Crippen LogP contribution in [0, 0.1) is 12.7 Å². The molecule has 0 heterocycles.